The van der Waals surface area contributed by atoms with Crippen LogP contribution in [0.4, 0.5) is 0 Å². The second kappa shape index (κ2) is 10.7. The largest absolute Gasteiger partial charge is 0.463 e. The van der Waals surface area contributed by atoms with Crippen LogP contribution in [0.25, 0.3) is 0 Å². The van der Waals surface area contributed by atoms with Crippen LogP contribution in [0, 0.1) is 11.3 Å². The van der Waals surface area contributed by atoms with Crippen molar-refractivity contribution in [3.63, 3.8) is 0 Å². The molecule has 150 valence electrons. The Morgan fingerprint density at radius 3 is 1.89 bits per heavy atom. The highest BCUT2D eigenvalue weighted by Crippen LogP contribution is 2.34. The minimum absolute atomic E-state index is 0.00621. The molecule has 0 aromatic heterocycles. The summed E-state index contributed by atoms with van der Waals surface area (Å²) in [5.74, 6) is -2.67. The van der Waals surface area contributed by atoms with Gasteiger partial charge in [-0.1, -0.05) is 0 Å². The summed E-state index contributed by atoms with van der Waals surface area (Å²) >= 11 is 1.00. The summed E-state index contributed by atoms with van der Waals surface area (Å²) in [6.45, 7) is 4.34. The molecule has 0 bridgehead atoms. The molecule has 0 N–H and O–H groups in total. The highest BCUT2D eigenvalue weighted by molar-refractivity contribution is 8.00. The number of nitrogens with zero attached hydrogens (tertiary/aromatic N) is 1. The summed E-state index contributed by atoms with van der Waals surface area (Å²) in [5, 5.41) is 8.83. The maximum absolute atomic E-state index is 11.6. The van der Waals surface area contributed by atoms with Crippen molar-refractivity contribution in [3.05, 3.63) is 0 Å². The fourth-order valence-electron chi connectivity index (χ4n) is 2.44. The van der Waals surface area contributed by atoms with E-state index in [0.717, 1.165) is 32.5 Å². The maximum atomic E-state index is 11.6. The molecule has 1 aliphatic heterocycles. The van der Waals surface area contributed by atoms with Gasteiger partial charge in [-0.25, -0.2) is 0 Å². The van der Waals surface area contributed by atoms with Gasteiger partial charge in [-0.05, 0) is 0 Å². The monoisotopic (exact) mass is 403 g/mol. The molecule has 5 atom stereocenters. The summed E-state index contributed by atoms with van der Waals surface area (Å²) in [4.78, 5) is 45.8. The van der Waals surface area contributed by atoms with Gasteiger partial charge in [0.1, 0.15) is 18.1 Å². The Labute approximate surface area is 160 Å². The number of hydrogen-bond donors (Lipinski definition) is 0. The third kappa shape index (κ3) is 7.44. The van der Waals surface area contributed by atoms with Crippen molar-refractivity contribution in [3.8, 4) is 6.07 Å². The quantitative estimate of drug-likeness (QED) is 0.429. The van der Waals surface area contributed by atoms with Gasteiger partial charge in [0, 0.05) is 27.7 Å². The first-order valence-electron chi connectivity index (χ1n) is 7.94. The van der Waals surface area contributed by atoms with E-state index in [4.69, 9.17) is 28.9 Å². The fourth-order valence-corrected chi connectivity index (χ4v) is 3.30. The Balaban J connectivity index is 3.25. The standard InChI is InChI=1S/C16H21NO9S/c1-8(18)22-7-12-13(23-9(2)19)14(24-10(3)20)15(25-11(4)21)16(26-12)27-6-5-17/h12-16H,6-7H2,1-4H3/t12-,13-,14+,15+,16+/m0/s1. The smallest absolute Gasteiger partial charge is 0.303 e. The van der Waals surface area contributed by atoms with Gasteiger partial charge in [0.2, 0.25) is 0 Å². The van der Waals surface area contributed by atoms with Gasteiger partial charge in [-0.2, -0.15) is 5.26 Å². The second-order valence-electron chi connectivity index (χ2n) is 5.54. The van der Waals surface area contributed by atoms with Crippen molar-refractivity contribution in [1.82, 2.24) is 0 Å². The van der Waals surface area contributed by atoms with Crippen LogP contribution in [0.15, 0.2) is 0 Å². The molecule has 0 radical (unpaired) electrons. The lowest BCUT2D eigenvalue weighted by atomic mass is 9.99. The lowest BCUT2D eigenvalue weighted by Gasteiger charge is -2.44. The molecule has 1 aliphatic rings. The van der Waals surface area contributed by atoms with Crippen LogP contribution in [0.5, 0.6) is 0 Å². The van der Waals surface area contributed by atoms with Gasteiger partial charge in [-0.3, -0.25) is 19.2 Å². The predicted octanol–water partition coefficient (Wildman–Crippen LogP) is 0.326. The van der Waals surface area contributed by atoms with Crippen molar-refractivity contribution >= 4 is 35.6 Å². The minimum Gasteiger partial charge on any atom is -0.463 e. The van der Waals surface area contributed by atoms with E-state index in [-0.39, 0.29) is 12.4 Å². The van der Waals surface area contributed by atoms with Gasteiger partial charge in [0.25, 0.3) is 0 Å². The Bertz CT molecular complexity index is 618. The van der Waals surface area contributed by atoms with Crippen LogP contribution in [-0.4, -0.2) is 66.1 Å². The molecule has 1 heterocycles. The number of nitriles is 1. The Kier molecular flexibility index (Phi) is 9.04. The molecule has 0 saturated carbocycles. The van der Waals surface area contributed by atoms with E-state index in [1.54, 1.807) is 0 Å². The van der Waals surface area contributed by atoms with Gasteiger partial charge in [0.05, 0.1) is 11.8 Å². The van der Waals surface area contributed by atoms with Gasteiger partial charge in [-0.15, -0.1) is 11.8 Å². The molecule has 11 heteroatoms. The van der Waals surface area contributed by atoms with Crippen molar-refractivity contribution in [2.75, 3.05) is 12.4 Å². The van der Waals surface area contributed by atoms with E-state index in [0.29, 0.717) is 0 Å². The molecule has 27 heavy (non-hydrogen) atoms. The number of esters is 4. The van der Waals surface area contributed by atoms with Crippen LogP contribution in [0.2, 0.25) is 0 Å². The Morgan fingerprint density at radius 2 is 1.41 bits per heavy atom. The molecular formula is C16H21NO9S. The highest BCUT2D eigenvalue weighted by atomic mass is 32.2. The van der Waals surface area contributed by atoms with Crippen molar-refractivity contribution in [1.29, 1.82) is 5.26 Å². The zero-order valence-electron chi connectivity index (χ0n) is 15.3. The number of thioether (sulfide) groups is 1. The topological polar surface area (TPSA) is 138 Å². The first kappa shape index (κ1) is 22.7. The summed E-state index contributed by atoms with van der Waals surface area (Å²) in [7, 11) is 0. The number of ether oxygens (including phenoxy) is 5. The zero-order chi connectivity index (χ0) is 20.6. The van der Waals surface area contributed by atoms with Gasteiger partial charge in [0.15, 0.2) is 18.3 Å². The van der Waals surface area contributed by atoms with Crippen molar-refractivity contribution < 1.29 is 42.9 Å². The van der Waals surface area contributed by atoms with Crippen molar-refractivity contribution in [2.24, 2.45) is 0 Å². The zero-order valence-corrected chi connectivity index (χ0v) is 16.1. The summed E-state index contributed by atoms with van der Waals surface area (Å²) in [6, 6.07) is 1.92. The first-order valence-corrected chi connectivity index (χ1v) is 8.99. The summed E-state index contributed by atoms with van der Waals surface area (Å²) < 4.78 is 26.4. The molecule has 0 spiro atoms. The van der Waals surface area contributed by atoms with Crippen LogP contribution in [0.3, 0.4) is 0 Å². The lowest BCUT2D eigenvalue weighted by molar-refractivity contribution is -0.237. The van der Waals surface area contributed by atoms with E-state index < -0.39 is 53.7 Å². The number of rotatable bonds is 7. The predicted molar refractivity (Wildman–Crippen MR) is 90.0 cm³/mol. The SMILES string of the molecule is CC(=O)OC[C@@H]1O[C@H](SCC#N)[C@H](OC(C)=O)[C@H](OC(C)=O)[C@H]1OC(C)=O. The molecule has 10 nitrogen and oxygen atoms in total. The molecular weight excluding hydrogens is 382 g/mol. The average Bonchev–Trinajstić information content (AvgIpc) is 2.54. The Hall–Kier alpha value is -2.32. The van der Waals surface area contributed by atoms with Gasteiger partial charge >= 0.3 is 23.9 Å². The van der Waals surface area contributed by atoms with E-state index in [2.05, 4.69) is 0 Å². The van der Waals surface area contributed by atoms with Crippen LogP contribution >= 0.6 is 11.8 Å². The third-order valence-electron chi connectivity index (χ3n) is 3.26. The van der Waals surface area contributed by atoms with E-state index in [1.165, 1.54) is 6.92 Å². The second-order valence-corrected chi connectivity index (χ2v) is 6.62. The number of hydrogen-bond acceptors (Lipinski definition) is 11. The molecule has 0 aromatic rings. The fraction of sp³-hybridized carbons (Fsp3) is 0.688. The van der Waals surface area contributed by atoms with Crippen LogP contribution < -0.4 is 0 Å². The van der Waals surface area contributed by atoms with E-state index >= 15 is 0 Å². The summed E-state index contributed by atoms with van der Waals surface area (Å²) in [6.07, 6.45) is -4.53. The lowest BCUT2D eigenvalue weighted by Crippen LogP contribution is -2.61. The molecule has 0 aromatic carbocycles. The first-order chi connectivity index (χ1) is 12.6. The number of carbonyl (C=O) groups excluding carboxylic acids is 4. The molecule has 1 saturated heterocycles. The van der Waals surface area contributed by atoms with Crippen LogP contribution in [0.1, 0.15) is 27.7 Å². The van der Waals surface area contributed by atoms with Gasteiger partial charge < -0.3 is 23.7 Å². The molecule has 1 rings (SSSR count). The highest BCUT2D eigenvalue weighted by Gasteiger charge is 2.52. The molecule has 0 amide bonds. The average molecular weight is 403 g/mol. The molecule has 1 fully saturated rings. The number of carbonyl (C=O) groups is 4. The maximum Gasteiger partial charge on any atom is 0.303 e. The molecule has 0 aliphatic carbocycles. The van der Waals surface area contributed by atoms with E-state index in [9.17, 15) is 19.2 Å². The van der Waals surface area contributed by atoms with E-state index in [1.807, 2.05) is 6.07 Å². The van der Waals surface area contributed by atoms with Crippen LogP contribution in [-0.2, 0) is 42.9 Å². The minimum atomic E-state index is -1.21. The third-order valence-corrected chi connectivity index (χ3v) is 4.26. The Morgan fingerprint density at radius 1 is 0.889 bits per heavy atom. The molecule has 0 unspecified atom stereocenters. The summed E-state index contributed by atoms with van der Waals surface area (Å²) in [5.41, 5.74) is -0.912. The van der Waals surface area contributed by atoms with Crippen molar-refractivity contribution in [2.45, 2.75) is 57.5 Å². The normalized spacial score (nSPS) is 27.0.